The highest BCUT2D eigenvalue weighted by molar-refractivity contribution is 5.94. The van der Waals surface area contributed by atoms with Gasteiger partial charge in [-0.1, -0.05) is 0 Å². The first kappa shape index (κ1) is 15.0. The lowest BCUT2D eigenvalue weighted by Gasteiger charge is -2.10. The quantitative estimate of drug-likeness (QED) is 0.861. The second-order valence-electron chi connectivity index (χ2n) is 4.64. The smallest absolute Gasteiger partial charge is 0.254 e. The lowest BCUT2D eigenvalue weighted by molar-refractivity contribution is 0.0951. The fraction of sp³-hybridized carbons (Fsp3) is 0.667. The summed E-state index contributed by atoms with van der Waals surface area (Å²) in [5.74, 6) is -0.0198. The van der Waals surface area contributed by atoms with E-state index in [4.69, 9.17) is 0 Å². The number of rotatable bonds is 4. The Morgan fingerprint density at radius 1 is 1.67 bits per heavy atom. The van der Waals surface area contributed by atoms with Crippen LogP contribution in [0.3, 0.4) is 0 Å². The van der Waals surface area contributed by atoms with Crippen molar-refractivity contribution in [3.8, 4) is 0 Å². The average molecular weight is 273 g/mol. The summed E-state index contributed by atoms with van der Waals surface area (Å²) in [7, 11) is 1.83. The van der Waals surface area contributed by atoms with Gasteiger partial charge in [0.15, 0.2) is 0 Å². The van der Waals surface area contributed by atoms with E-state index in [-0.39, 0.29) is 18.3 Å². The molecule has 0 aliphatic carbocycles. The molecule has 6 heteroatoms. The van der Waals surface area contributed by atoms with E-state index in [2.05, 4.69) is 15.7 Å². The van der Waals surface area contributed by atoms with Gasteiger partial charge in [0.25, 0.3) is 5.91 Å². The largest absolute Gasteiger partial charge is 0.352 e. The Hall–Kier alpha value is -1.07. The molecule has 2 N–H and O–H groups in total. The number of carbonyl (C=O) groups excluding carboxylic acids is 1. The van der Waals surface area contributed by atoms with Crippen molar-refractivity contribution in [2.24, 2.45) is 7.05 Å². The monoisotopic (exact) mass is 272 g/mol. The Kier molecular flexibility index (Phi) is 5.62. The summed E-state index contributed by atoms with van der Waals surface area (Å²) >= 11 is 0. The van der Waals surface area contributed by atoms with Crippen molar-refractivity contribution in [3.63, 3.8) is 0 Å². The first-order chi connectivity index (χ1) is 8.16. The Labute approximate surface area is 114 Å². The Morgan fingerprint density at radius 2 is 2.44 bits per heavy atom. The van der Waals surface area contributed by atoms with E-state index < -0.39 is 0 Å². The van der Waals surface area contributed by atoms with E-state index in [0.29, 0.717) is 11.6 Å². The highest BCUT2D eigenvalue weighted by atomic mass is 35.5. The predicted molar refractivity (Wildman–Crippen MR) is 73.2 cm³/mol. The molecule has 0 bridgehead atoms. The summed E-state index contributed by atoms with van der Waals surface area (Å²) in [5, 5.41) is 10.5. The molecular formula is C12H21ClN4O. The van der Waals surface area contributed by atoms with Crippen molar-refractivity contribution in [2.75, 3.05) is 13.1 Å². The average Bonchev–Trinajstić information content (AvgIpc) is 2.88. The predicted octanol–water partition coefficient (Wildman–Crippen LogP) is 1.02. The zero-order valence-corrected chi connectivity index (χ0v) is 11.7. The number of carbonyl (C=O) groups is 1. The molecule has 0 spiro atoms. The minimum absolute atomic E-state index is 0. The van der Waals surface area contributed by atoms with E-state index in [1.807, 2.05) is 14.0 Å². The van der Waals surface area contributed by atoms with Crippen molar-refractivity contribution < 1.29 is 4.79 Å². The van der Waals surface area contributed by atoms with Crippen LogP contribution in [0, 0.1) is 6.92 Å². The fourth-order valence-corrected chi connectivity index (χ4v) is 2.28. The number of aryl methyl sites for hydroxylation is 2. The van der Waals surface area contributed by atoms with Crippen molar-refractivity contribution in [1.29, 1.82) is 0 Å². The standard InChI is InChI=1S/C12H20N4O.ClH/c1-9-11(8-16(2)15-9)12(17)14-7-5-10-4-3-6-13-10;/h8,10,13H,3-7H2,1-2H3,(H,14,17);1H/t10-;/m1./s1. The minimum atomic E-state index is -0.0198. The van der Waals surface area contributed by atoms with Gasteiger partial charge in [0.2, 0.25) is 0 Å². The van der Waals surface area contributed by atoms with Crippen LogP contribution in [0.15, 0.2) is 6.20 Å². The normalized spacial score (nSPS) is 18.4. The lowest BCUT2D eigenvalue weighted by Crippen LogP contribution is -2.30. The first-order valence-corrected chi connectivity index (χ1v) is 6.18. The van der Waals surface area contributed by atoms with E-state index in [1.165, 1.54) is 12.8 Å². The zero-order chi connectivity index (χ0) is 12.3. The van der Waals surface area contributed by atoms with Crippen LogP contribution < -0.4 is 10.6 Å². The molecule has 1 aliphatic rings. The lowest BCUT2D eigenvalue weighted by atomic mass is 10.1. The molecule has 2 heterocycles. The zero-order valence-electron chi connectivity index (χ0n) is 10.9. The van der Waals surface area contributed by atoms with Crippen LogP contribution in [-0.2, 0) is 7.05 Å². The van der Waals surface area contributed by atoms with Crippen LogP contribution in [0.5, 0.6) is 0 Å². The second kappa shape index (κ2) is 6.75. The second-order valence-corrected chi connectivity index (χ2v) is 4.64. The van der Waals surface area contributed by atoms with Crippen LogP contribution in [0.2, 0.25) is 0 Å². The summed E-state index contributed by atoms with van der Waals surface area (Å²) in [6.45, 7) is 3.69. The molecule has 0 unspecified atom stereocenters. The summed E-state index contributed by atoms with van der Waals surface area (Å²) in [5.41, 5.74) is 1.45. The van der Waals surface area contributed by atoms with Gasteiger partial charge in [-0.3, -0.25) is 9.48 Å². The van der Waals surface area contributed by atoms with Gasteiger partial charge in [0.05, 0.1) is 11.3 Å². The molecule has 0 aromatic carbocycles. The maximum atomic E-state index is 11.9. The number of aromatic nitrogens is 2. The van der Waals surface area contributed by atoms with Crippen molar-refractivity contribution >= 4 is 18.3 Å². The third kappa shape index (κ3) is 3.71. The minimum Gasteiger partial charge on any atom is -0.352 e. The number of nitrogens with one attached hydrogen (secondary N) is 2. The molecule has 1 aromatic rings. The molecule has 102 valence electrons. The van der Waals surface area contributed by atoms with Gasteiger partial charge in [-0.2, -0.15) is 5.10 Å². The van der Waals surface area contributed by atoms with E-state index >= 15 is 0 Å². The number of hydrogen-bond acceptors (Lipinski definition) is 3. The number of nitrogens with zero attached hydrogens (tertiary/aromatic N) is 2. The molecular weight excluding hydrogens is 252 g/mol. The Morgan fingerprint density at radius 3 is 3.00 bits per heavy atom. The van der Waals surface area contributed by atoms with Crippen molar-refractivity contribution in [1.82, 2.24) is 20.4 Å². The van der Waals surface area contributed by atoms with E-state index in [9.17, 15) is 4.79 Å². The van der Waals surface area contributed by atoms with Gasteiger partial charge >= 0.3 is 0 Å². The SMILES string of the molecule is Cc1nn(C)cc1C(=O)NCC[C@H]1CCCN1.Cl. The molecule has 1 aliphatic heterocycles. The summed E-state index contributed by atoms with van der Waals surface area (Å²) < 4.78 is 1.67. The third-order valence-electron chi connectivity index (χ3n) is 3.20. The molecule has 0 radical (unpaired) electrons. The van der Waals surface area contributed by atoms with Crippen LogP contribution in [0.1, 0.15) is 35.3 Å². The van der Waals surface area contributed by atoms with E-state index in [1.54, 1.807) is 10.9 Å². The third-order valence-corrected chi connectivity index (χ3v) is 3.20. The number of halogens is 1. The van der Waals surface area contributed by atoms with Crippen LogP contribution >= 0.6 is 12.4 Å². The molecule has 1 atom stereocenters. The molecule has 2 rings (SSSR count). The molecule has 5 nitrogen and oxygen atoms in total. The van der Waals surface area contributed by atoms with Gasteiger partial charge in [0, 0.05) is 25.8 Å². The number of amides is 1. The van der Waals surface area contributed by atoms with Gasteiger partial charge in [-0.05, 0) is 32.7 Å². The number of hydrogen-bond donors (Lipinski definition) is 2. The maximum absolute atomic E-state index is 11.9. The van der Waals surface area contributed by atoms with Crippen molar-refractivity contribution in [2.45, 2.75) is 32.2 Å². The van der Waals surface area contributed by atoms with Gasteiger partial charge in [0.1, 0.15) is 0 Å². The Bertz CT molecular complexity index is 399. The highest BCUT2D eigenvalue weighted by Crippen LogP contribution is 2.08. The topological polar surface area (TPSA) is 59.0 Å². The highest BCUT2D eigenvalue weighted by Gasteiger charge is 2.15. The van der Waals surface area contributed by atoms with Crippen LogP contribution in [0.4, 0.5) is 0 Å². The molecule has 1 fully saturated rings. The van der Waals surface area contributed by atoms with Crippen LogP contribution in [-0.4, -0.2) is 34.8 Å². The maximum Gasteiger partial charge on any atom is 0.254 e. The fourth-order valence-electron chi connectivity index (χ4n) is 2.28. The van der Waals surface area contributed by atoms with Crippen LogP contribution in [0.25, 0.3) is 0 Å². The Balaban J connectivity index is 0.00000162. The van der Waals surface area contributed by atoms with Gasteiger partial charge in [-0.25, -0.2) is 0 Å². The van der Waals surface area contributed by atoms with Crippen molar-refractivity contribution in [3.05, 3.63) is 17.5 Å². The molecule has 1 amide bonds. The first-order valence-electron chi connectivity index (χ1n) is 6.18. The summed E-state index contributed by atoms with van der Waals surface area (Å²) in [6, 6.07) is 0.574. The molecule has 18 heavy (non-hydrogen) atoms. The summed E-state index contributed by atoms with van der Waals surface area (Å²) in [4.78, 5) is 11.9. The molecule has 1 saturated heterocycles. The van der Waals surface area contributed by atoms with Gasteiger partial charge in [-0.15, -0.1) is 12.4 Å². The van der Waals surface area contributed by atoms with E-state index in [0.717, 1.165) is 25.2 Å². The van der Waals surface area contributed by atoms with Gasteiger partial charge < -0.3 is 10.6 Å². The molecule has 0 saturated carbocycles. The summed E-state index contributed by atoms with van der Waals surface area (Å²) in [6.07, 6.45) is 5.24. The molecule has 1 aromatic heterocycles.